The highest BCUT2D eigenvalue weighted by atomic mass is 16.3. The predicted octanol–water partition coefficient (Wildman–Crippen LogP) is 17.8. The summed E-state index contributed by atoms with van der Waals surface area (Å²) in [6, 6.07) is 73.7. The Hall–Kier alpha value is -7.88. The highest BCUT2D eigenvalue weighted by Gasteiger charge is 2.37. The van der Waals surface area contributed by atoms with Crippen molar-refractivity contribution in [2.75, 3.05) is 9.80 Å². The Balaban J connectivity index is 0.977. The van der Waals surface area contributed by atoms with Crippen LogP contribution < -0.4 is 9.80 Å². The van der Waals surface area contributed by atoms with Gasteiger partial charge in [-0.3, -0.25) is 0 Å². The number of benzene rings is 10. The fourth-order valence-corrected chi connectivity index (χ4v) is 11.7. The highest BCUT2D eigenvalue weighted by molar-refractivity contribution is 6.19. The Morgan fingerprint density at radius 3 is 1.65 bits per heavy atom. The summed E-state index contributed by atoms with van der Waals surface area (Å²) in [6.45, 7) is 11.8. The molecule has 1 heterocycles. The maximum absolute atomic E-state index is 6.43. The van der Waals surface area contributed by atoms with Crippen LogP contribution in [0.3, 0.4) is 0 Å². The molecular weight excluding hydrogens is 801 g/mol. The number of aryl methyl sites for hydroxylation is 1. The van der Waals surface area contributed by atoms with Crippen molar-refractivity contribution in [3.63, 3.8) is 0 Å². The fraction of sp³-hybridized carbons (Fsp3) is 0.111. The summed E-state index contributed by atoms with van der Waals surface area (Å²) in [7, 11) is 0. The predicted molar refractivity (Wildman–Crippen MR) is 278 cm³/mol. The molecule has 0 fully saturated rings. The van der Waals surface area contributed by atoms with E-state index in [0.717, 1.165) is 56.1 Å². The zero-order chi connectivity index (χ0) is 44.5. The highest BCUT2D eigenvalue weighted by Crippen LogP contribution is 2.55. The second-order valence-corrected chi connectivity index (χ2v) is 19.3. The first-order valence-electron chi connectivity index (χ1n) is 23.2. The minimum atomic E-state index is -0.287. The summed E-state index contributed by atoms with van der Waals surface area (Å²) in [6.07, 6.45) is 0. The van der Waals surface area contributed by atoms with Crippen LogP contribution in [0.2, 0.25) is 0 Å². The molecule has 0 atom stereocenters. The molecule has 0 saturated carbocycles. The SMILES string of the molecule is Cc1c2c3c(cccc3c3cc(N(c4ccccc4)c4ccc5c(c4)-c4ccccc4C5(C)C)ccc13)C(C)(C)c1cc(N(c3ccccc3)c3ccc4c(c3)oc3ccccc34)ccc1-2. The fourth-order valence-electron chi connectivity index (χ4n) is 11.7. The largest absolute Gasteiger partial charge is 0.456 e. The Kier molecular flexibility index (Phi) is 8.22. The lowest BCUT2D eigenvalue weighted by molar-refractivity contribution is 0.645. The van der Waals surface area contributed by atoms with Crippen molar-refractivity contribution in [2.45, 2.75) is 45.4 Å². The second-order valence-electron chi connectivity index (χ2n) is 19.3. The van der Waals surface area contributed by atoms with E-state index >= 15 is 0 Å². The molecule has 3 nitrogen and oxygen atoms in total. The Bertz CT molecular complexity index is 3780. The quantitative estimate of drug-likeness (QED) is 0.155. The van der Waals surface area contributed by atoms with Crippen LogP contribution in [-0.4, -0.2) is 0 Å². The molecule has 66 heavy (non-hydrogen) atoms. The third-order valence-electron chi connectivity index (χ3n) is 15.0. The first kappa shape index (κ1) is 38.6. The van der Waals surface area contributed by atoms with Crippen LogP contribution in [0.4, 0.5) is 34.1 Å². The standard InChI is InChI=1S/C63H48N2O/c1-39-46-31-27-42(64(40-17-8-6-9-18-40)43-30-34-55-53(36-43)47-21-12-14-24-54(47)62(55,2)3)35-52(46)50-23-16-25-56-61(50)60(39)51-33-29-44(37-57(51)63(56,4)5)65(41-19-10-7-11-20-41)45-28-32-49-48-22-13-15-26-58(48)66-59(49)38-45/h6-38H,1-5H3. The molecule has 0 unspecified atom stereocenters. The van der Waals surface area contributed by atoms with Crippen LogP contribution in [0, 0.1) is 6.92 Å². The van der Waals surface area contributed by atoms with Crippen molar-refractivity contribution < 1.29 is 4.42 Å². The number of rotatable bonds is 6. The maximum Gasteiger partial charge on any atom is 0.137 e. The van der Waals surface area contributed by atoms with E-state index in [2.05, 4.69) is 232 Å². The van der Waals surface area contributed by atoms with Gasteiger partial charge in [0, 0.05) is 61.8 Å². The van der Waals surface area contributed by atoms with E-state index in [1.165, 1.54) is 71.6 Å². The van der Waals surface area contributed by atoms with Crippen molar-refractivity contribution in [1.82, 2.24) is 0 Å². The van der Waals surface area contributed by atoms with Crippen LogP contribution in [0.5, 0.6) is 0 Å². The van der Waals surface area contributed by atoms with Gasteiger partial charge in [0.1, 0.15) is 11.2 Å². The van der Waals surface area contributed by atoms with Crippen LogP contribution in [-0.2, 0) is 10.8 Å². The van der Waals surface area contributed by atoms with Crippen LogP contribution in [0.1, 0.15) is 55.5 Å². The molecule has 2 aliphatic rings. The molecule has 10 aromatic carbocycles. The van der Waals surface area contributed by atoms with Gasteiger partial charge in [-0.1, -0.05) is 143 Å². The molecule has 0 saturated heterocycles. The lowest BCUT2D eigenvalue weighted by atomic mass is 9.67. The maximum atomic E-state index is 6.43. The van der Waals surface area contributed by atoms with E-state index in [-0.39, 0.29) is 10.8 Å². The third-order valence-corrected chi connectivity index (χ3v) is 15.0. The minimum absolute atomic E-state index is 0.0534. The summed E-state index contributed by atoms with van der Waals surface area (Å²) >= 11 is 0. The average molecular weight is 849 g/mol. The zero-order valence-corrected chi connectivity index (χ0v) is 37.9. The summed E-state index contributed by atoms with van der Waals surface area (Å²) in [5, 5.41) is 7.44. The number of furan rings is 1. The van der Waals surface area contributed by atoms with Gasteiger partial charge in [-0.25, -0.2) is 0 Å². The number of hydrogen-bond donors (Lipinski definition) is 0. The van der Waals surface area contributed by atoms with E-state index in [0.29, 0.717) is 0 Å². The normalized spacial score (nSPS) is 14.1. The Labute approximate surface area is 385 Å². The van der Waals surface area contributed by atoms with Gasteiger partial charge in [-0.05, 0) is 157 Å². The van der Waals surface area contributed by atoms with Gasteiger partial charge in [0.2, 0.25) is 0 Å². The molecule has 0 radical (unpaired) electrons. The number of hydrogen-bond acceptors (Lipinski definition) is 3. The van der Waals surface area contributed by atoms with Crippen molar-refractivity contribution in [3.8, 4) is 22.3 Å². The van der Waals surface area contributed by atoms with Gasteiger partial charge in [0.15, 0.2) is 0 Å². The monoisotopic (exact) mass is 848 g/mol. The van der Waals surface area contributed by atoms with Crippen molar-refractivity contribution >= 4 is 77.6 Å². The van der Waals surface area contributed by atoms with Crippen molar-refractivity contribution in [2.24, 2.45) is 0 Å². The first-order valence-corrected chi connectivity index (χ1v) is 23.2. The molecule has 0 bridgehead atoms. The van der Waals surface area contributed by atoms with Crippen molar-refractivity contribution in [1.29, 1.82) is 0 Å². The minimum Gasteiger partial charge on any atom is -0.456 e. The summed E-state index contributed by atoms with van der Waals surface area (Å²) < 4.78 is 6.43. The average Bonchev–Trinajstić information content (AvgIpc) is 3.83. The summed E-state index contributed by atoms with van der Waals surface area (Å²) in [5.74, 6) is 0. The number of nitrogens with zero attached hydrogens (tertiary/aromatic N) is 2. The van der Waals surface area contributed by atoms with Gasteiger partial charge in [-0.15, -0.1) is 0 Å². The van der Waals surface area contributed by atoms with Gasteiger partial charge in [0.25, 0.3) is 0 Å². The zero-order valence-electron chi connectivity index (χ0n) is 37.9. The van der Waals surface area contributed by atoms with Crippen molar-refractivity contribution in [3.05, 3.63) is 228 Å². The van der Waals surface area contributed by atoms with E-state index in [1.54, 1.807) is 0 Å². The molecule has 1 aromatic heterocycles. The van der Waals surface area contributed by atoms with E-state index < -0.39 is 0 Å². The molecular formula is C63H48N2O. The van der Waals surface area contributed by atoms with Gasteiger partial charge in [-0.2, -0.15) is 0 Å². The molecule has 2 aliphatic carbocycles. The topological polar surface area (TPSA) is 19.6 Å². The number of fused-ring (bicyclic) bond motifs is 10. The van der Waals surface area contributed by atoms with Gasteiger partial charge >= 0.3 is 0 Å². The number of anilines is 6. The van der Waals surface area contributed by atoms with Crippen LogP contribution in [0.15, 0.2) is 205 Å². The molecule has 11 aromatic rings. The first-order chi connectivity index (χ1) is 32.2. The summed E-state index contributed by atoms with van der Waals surface area (Å²) in [5.41, 5.74) is 20.1. The molecule has 316 valence electrons. The number of para-hydroxylation sites is 3. The lowest BCUT2D eigenvalue weighted by Gasteiger charge is -2.37. The van der Waals surface area contributed by atoms with E-state index in [9.17, 15) is 0 Å². The second kappa shape index (κ2) is 14.1. The van der Waals surface area contributed by atoms with Crippen LogP contribution >= 0.6 is 0 Å². The van der Waals surface area contributed by atoms with E-state index in [4.69, 9.17) is 4.42 Å². The van der Waals surface area contributed by atoms with E-state index in [1.807, 2.05) is 12.1 Å². The smallest absolute Gasteiger partial charge is 0.137 e. The molecule has 3 heteroatoms. The molecule has 0 N–H and O–H groups in total. The molecule has 13 rings (SSSR count). The Morgan fingerprint density at radius 1 is 0.333 bits per heavy atom. The Morgan fingerprint density at radius 2 is 0.879 bits per heavy atom. The molecule has 0 spiro atoms. The van der Waals surface area contributed by atoms with Gasteiger partial charge in [0.05, 0.1) is 0 Å². The summed E-state index contributed by atoms with van der Waals surface area (Å²) in [4.78, 5) is 4.80. The van der Waals surface area contributed by atoms with Crippen LogP contribution in [0.25, 0.3) is 65.7 Å². The lowest BCUT2D eigenvalue weighted by Crippen LogP contribution is -2.25. The molecule has 0 amide bonds. The molecule has 0 aliphatic heterocycles. The third kappa shape index (κ3) is 5.50. The van der Waals surface area contributed by atoms with Gasteiger partial charge < -0.3 is 14.2 Å².